The highest BCUT2D eigenvalue weighted by molar-refractivity contribution is 7.92. The molecule has 0 heterocycles. The van der Waals surface area contributed by atoms with Gasteiger partial charge in [0.25, 0.3) is 10.0 Å². The molecule has 0 aliphatic heterocycles. The van der Waals surface area contributed by atoms with Gasteiger partial charge in [0.15, 0.2) is 0 Å². The van der Waals surface area contributed by atoms with Gasteiger partial charge in [0.05, 0.1) is 10.6 Å². The van der Waals surface area contributed by atoms with E-state index >= 15 is 0 Å². The molecule has 226 valence electrons. The van der Waals surface area contributed by atoms with Crippen molar-refractivity contribution in [3.8, 4) is 0 Å². The van der Waals surface area contributed by atoms with E-state index in [1.807, 2.05) is 71.0 Å². The Morgan fingerprint density at radius 3 is 2.00 bits per heavy atom. The standard InChI is InChI=1S/C34H45N3O4S/c1-8-27(7)35-34(39)32(9-2)36(22-29-13-11-10-12-26(29)6)33(38)23-37(30-18-16-28(17-19-30)24(3)4)42(40,41)31-20-14-25(5)15-21-31/h10-21,24,27,32H,8-9,22-23H2,1-7H3,(H,35,39)/t27-,32-/m1/s1. The largest absolute Gasteiger partial charge is 0.352 e. The fourth-order valence-electron chi connectivity index (χ4n) is 4.72. The van der Waals surface area contributed by atoms with Crippen molar-refractivity contribution in [3.63, 3.8) is 0 Å². The molecule has 0 bridgehead atoms. The first-order valence-corrected chi connectivity index (χ1v) is 16.2. The highest BCUT2D eigenvalue weighted by atomic mass is 32.2. The Labute approximate surface area is 252 Å². The lowest BCUT2D eigenvalue weighted by Crippen LogP contribution is -2.53. The van der Waals surface area contributed by atoms with Gasteiger partial charge in [-0.3, -0.25) is 13.9 Å². The Hall–Kier alpha value is -3.65. The highest BCUT2D eigenvalue weighted by Gasteiger charge is 2.34. The minimum Gasteiger partial charge on any atom is -0.352 e. The second-order valence-electron chi connectivity index (χ2n) is 11.3. The smallest absolute Gasteiger partial charge is 0.264 e. The number of carbonyl (C=O) groups is 2. The molecule has 8 heteroatoms. The van der Waals surface area contributed by atoms with E-state index in [1.54, 1.807) is 36.4 Å². The number of sulfonamides is 1. The average Bonchev–Trinajstić information content (AvgIpc) is 2.96. The molecule has 0 aliphatic rings. The summed E-state index contributed by atoms with van der Waals surface area (Å²) in [5.74, 6) is -0.433. The minimum atomic E-state index is -4.10. The molecule has 0 radical (unpaired) electrons. The summed E-state index contributed by atoms with van der Waals surface area (Å²) >= 11 is 0. The van der Waals surface area contributed by atoms with Gasteiger partial charge in [0.2, 0.25) is 11.8 Å². The topological polar surface area (TPSA) is 86.8 Å². The van der Waals surface area contributed by atoms with Gasteiger partial charge in [-0.25, -0.2) is 8.42 Å². The maximum atomic E-state index is 14.2. The monoisotopic (exact) mass is 591 g/mol. The predicted octanol–water partition coefficient (Wildman–Crippen LogP) is 6.34. The fourth-order valence-corrected chi connectivity index (χ4v) is 6.14. The number of nitrogens with one attached hydrogen (secondary N) is 1. The number of hydrogen-bond acceptors (Lipinski definition) is 4. The minimum absolute atomic E-state index is 0.0557. The summed E-state index contributed by atoms with van der Waals surface area (Å²) in [6.07, 6.45) is 1.14. The molecule has 0 aliphatic carbocycles. The maximum absolute atomic E-state index is 14.2. The van der Waals surface area contributed by atoms with Gasteiger partial charge >= 0.3 is 0 Å². The molecule has 7 nitrogen and oxygen atoms in total. The molecule has 3 aromatic rings. The van der Waals surface area contributed by atoms with Crippen LogP contribution in [0.2, 0.25) is 0 Å². The Balaban J connectivity index is 2.08. The van der Waals surface area contributed by atoms with E-state index in [0.29, 0.717) is 12.1 Å². The molecule has 0 aromatic heterocycles. The second-order valence-corrected chi connectivity index (χ2v) is 13.1. The Morgan fingerprint density at radius 2 is 1.45 bits per heavy atom. The zero-order valence-corrected chi connectivity index (χ0v) is 26.7. The first kappa shape index (κ1) is 32.9. The molecular weight excluding hydrogens is 546 g/mol. The number of carbonyl (C=O) groups excluding carboxylic acids is 2. The van der Waals surface area contributed by atoms with Crippen LogP contribution in [0.3, 0.4) is 0 Å². The van der Waals surface area contributed by atoms with Crippen molar-refractivity contribution in [2.24, 2.45) is 0 Å². The molecule has 3 rings (SSSR count). The molecule has 2 atom stereocenters. The summed E-state index contributed by atoms with van der Waals surface area (Å²) in [4.78, 5) is 29.3. The van der Waals surface area contributed by atoms with Crippen molar-refractivity contribution < 1.29 is 18.0 Å². The second kappa shape index (κ2) is 14.5. The average molecular weight is 592 g/mol. The Kier molecular flexibility index (Phi) is 11.3. The van der Waals surface area contributed by atoms with Crippen LogP contribution in [0, 0.1) is 13.8 Å². The van der Waals surface area contributed by atoms with E-state index in [4.69, 9.17) is 0 Å². The molecule has 0 saturated heterocycles. The van der Waals surface area contributed by atoms with Crippen molar-refractivity contribution >= 4 is 27.5 Å². The number of rotatable bonds is 13. The van der Waals surface area contributed by atoms with E-state index in [0.717, 1.165) is 33.0 Å². The van der Waals surface area contributed by atoms with Gasteiger partial charge in [-0.05, 0) is 80.5 Å². The molecule has 3 aromatic carbocycles. The van der Waals surface area contributed by atoms with Crippen molar-refractivity contribution in [1.82, 2.24) is 10.2 Å². The maximum Gasteiger partial charge on any atom is 0.264 e. The lowest BCUT2D eigenvalue weighted by Gasteiger charge is -2.34. The third-order valence-corrected chi connectivity index (χ3v) is 9.51. The van der Waals surface area contributed by atoms with Crippen LogP contribution in [-0.4, -0.2) is 43.8 Å². The Bertz CT molecular complexity index is 1450. The van der Waals surface area contributed by atoms with Crippen LogP contribution in [0.4, 0.5) is 5.69 Å². The van der Waals surface area contributed by atoms with Crippen LogP contribution in [0.5, 0.6) is 0 Å². The molecule has 0 saturated carbocycles. The van der Waals surface area contributed by atoms with Gasteiger partial charge in [-0.2, -0.15) is 0 Å². The van der Waals surface area contributed by atoms with Gasteiger partial charge in [0, 0.05) is 12.6 Å². The van der Waals surface area contributed by atoms with Gasteiger partial charge < -0.3 is 10.2 Å². The fraction of sp³-hybridized carbons (Fsp3) is 0.412. The molecular formula is C34H45N3O4S. The normalized spacial score (nSPS) is 13.0. The number of benzene rings is 3. The van der Waals surface area contributed by atoms with Crippen molar-refractivity contribution in [1.29, 1.82) is 0 Å². The van der Waals surface area contributed by atoms with Crippen molar-refractivity contribution in [2.45, 2.75) is 90.7 Å². The van der Waals surface area contributed by atoms with Crippen LogP contribution < -0.4 is 9.62 Å². The molecule has 2 amide bonds. The number of aryl methyl sites for hydroxylation is 2. The number of amides is 2. The molecule has 0 unspecified atom stereocenters. The van der Waals surface area contributed by atoms with Gasteiger partial charge in [-0.1, -0.05) is 81.8 Å². The molecule has 42 heavy (non-hydrogen) atoms. The Morgan fingerprint density at radius 1 is 0.833 bits per heavy atom. The van der Waals surface area contributed by atoms with E-state index in [2.05, 4.69) is 19.2 Å². The number of nitrogens with zero attached hydrogens (tertiary/aromatic N) is 2. The van der Waals surface area contributed by atoms with Crippen LogP contribution in [-0.2, 0) is 26.2 Å². The third-order valence-electron chi connectivity index (χ3n) is 7.72. The highest BCUT2D eigenvalue weighted by Crippen LogP contribution is 2.27. The summed E-state index contributed by atoms with van der Waals surface area (Å²) in [7, 11) is -4.10. The van der Waals surface area contributed by atoms with Crippen LogP contribution >= 0.6 is 0 Å². The summed E-state index contributed by atoms with van der Waals surface area (Å²) in [6.45, 7) is 13.5. The summed E-state index contributed by atoms with van der Waals surface area (Å²) < 4.78 is 29.3. The van der Waals surface area contributed by atoms with Gasteiger partial charge in [0.1, 0.15) is 12.6 Å². The van der Waals surface area contributed by atoms with E-state index < -0.39 is 28.5 Å². The lowest BCUT2D eigenvalue weighted by atomic mass is 10.0. The summed E-state index contributed by atoms with van der Waals surface area (Å²) in [6, 6.07) is 20.8. The first-order chi connectivity index (χ1) is 19.9. The SMILES string of the molecule is CC[C@@H](C)NC(=O)[C@@H](CC)N(Cc1ccccc1C)C(=O)CN(c1ccc(C(C)C)cc1)S(=O)(=O)c1ccc(C)cc1. The molecule has 0 spiro atoms. The van der Waals surface area contributed by atoms with Crippen LogP contribution in [0.25, 0.3) is 0 Å². The van der Waals surface area contributed by atoms with Crippen LogP contribution in [0.1, 0.15) is 75.6 Å². The zero-order chi connectivity index (χ0) is 31.0. The van der Waals surface area contributed by atoms with Crippen LogP contribution in [0.15, 0.2) is 77.7 Å². The predicted molar refractivity (Wildman–Crippen MR) is 170 cm³/mol. The molecule has 1 N–H and O–H groups in total. The van der Waals surface area contributed by atoms with Crippen molar-refractivity contribution in [2.75, 3.05) is 10.8 Å². The van der Waals surface area contributed by atoms with Gasteiger partial charge in [-0.15, -0.1) is 0 Å². The molecule has 0 fully saturated rings. The summed E-state index contributed by atoms with van der Waals surface area (Å²) in [5.41, 5.74) is 4.27. The number of anilines is 1. The number of hydrogen-bond donors (Lipinski definition) is 1. The first-order valence-electron chi connectivity index (χ1n) is 14.7. The quantitative estimate of drug-likeness (QED) is 0.251. The van der Waals surface area contributed by atoms with E-state index in [-0.39, 0.29) is 29.3 Å². The van der Waals surface area contributed by atoms with E-state index in [9.17, 15) is 18.0 Å². The third kappa shape index (κ3) is 8.00. The van der Waals surface area contributed by atoms with Crippen molar-refractivity contribution in [3.05, 3.63) is 95.1 Å². The van der Waals surface area contributed by atoms with E-state index in [1.165, 1.54) is 4.90 Å². The lowest BCUT2D eigenvalue weighted by molar-refractivity contribution is -0.140. The summed E-state index contributed by atoms with van der Waals surface area (Å²) in [5, 5.41) is 3.01. The zero-order valence-electron chi connectivity index (χ0n) is 25.9.